The molecule has 150 valence electrons. The zero-order chi connectivity index (χ0) is 20.6. The van der Waals surface area contributed by atoms with Gasteiger partial charge in [0.25, 0.3) is 5.91 Å². The summed E-state index contributed by atoms with van der Waals surface area (Å²) in [6.07, 6.45) is -2.16. The lowest BCUT2D eigenvalue weighted by atomic mass is 10.1. The van der Waals surface area contributed by atoms with Crippen LogP contribution in [0.5, 0.6) is 0 Å². The second-order valence-electron chi connectivity index (χ2n) is 5.98. The molecule has 8 heteroatoms. The third kappa shape index (κ3) is 6.60. The lowest BCUT2D eigenvalue weighted by Crippen LogP contribution is -2.42. The van der Waals surface area contributed by atoms with Crippen LogP contribution in [0.4, 0.5) is 13.2 Å². The van der Waals surface area contributed by atoms with Gasteiger partial charge in [-0.1, -0.05) is 30.3 Å². The summed E-state index contributed by atoms with van der Waals surface area (Å²) in [5.41, 5.74) is 0.0853. The highest BCUT2D eigenvalue weighted by Gasteiger charge is 2.30. The van der Waals surface area contributed by atoms with Crippen LogP contribution < -0.4 is 5.32 Å². The van der Waals surface area contributed by atoms with Crippen molar-refractivity contribution in [3.8, 4) is 0 Å². The van der Waals surface area contributed by atoms with Crippen LogP contribution in [0.1, 0.15) is 27.9 Å². The van der Waals surface area contributed by atoms with E-state index in [2.05, 4.69) is 5.32 Å². The summed E-state index contributed by atoms with van der Waals surface area (Å²) >= 11 is 1.52. The second kappa shape index (κ2) is 10.2. The summed E-state index contributed by atoms with van der Waals surface area (Å²) in [5.74, 6) is -0.383. The molecule has 2 rings (SSSR count). The van der Waals surface area contributed by atoms with Gasteiger partial charge in [-0.25, -0.2) is 4.79 Å². The van der Waals surface area contributed by atoms with Crippen LogP contribution in [0.15, 0.2) is 54.6 Å². The molecule has 0 heterocycles. The predicted molar refractivity (Wildman–Crippen MR) is 102 cm³/mol. The fourth-order valence-corrected chi connectivity index (χ4v) is 2.83. The Morgan fingerprint density at radius 2 is 1.71 bits per heavy atom. The highest BCUT2D eigenvalue weighted by Crippen LogP contribution is 2.29. The highest BCUT2D eigenvalue weighted by molar-refractivity contribution is 7.98. The number of alkyl halides is 3. The second-order valence-corrected chi connectivity index (χ2v) is 6.96. The summed E-state index contributed by atoms with van der Waals surface area (Å²) in [7, 11) is 0. The van der Waals surface area contributed by atoms with E-state index in [9.17, 15) is 22.8 Å². The molecule has 1 amide bonds. The number of thioether (sulfide) groups is 1. The molecule has 0 aliphatic heterocycles. The fraction of sp³-hybridized carbons (Fsp3) is 0.300. The third-order valence-corrected chi connectivity index (χ3v) is 4.54. The van der Waals surface area contributed by atoms with Gasteiger partial charge in [0, 0.05) is 5.56 Å². The lowest BCUT2D eigenvalue weighted by Gasteiger charge is -2.17. The quantitative estimate of drug-likeness (QED) is 0.658. The van der Waals surface area contributed by atoms with Gasteiger partial charge in [-0.2, -0.15) is 24.9 Å². The number of hydrogen-bond acceptors (Lipinski definition) is 4. The summed E-state index contributed by atoms with van der Waals surface area (Å²) in [6, 6.07) is 12.0. The van der Waals surface area contributed by atoms with E-state index in [0.717, 1.165) is 12.1 Å². The first-order valence-corrected chi connectivity index (χ1v) is 9.88. The maximum absolute atomic E-state index is 12.6. The normalized spacial score (nSPS) is 12.3. The first kappa shape index (κ1) is 21.8. The van der Waals surface area contributed by atoms with Gasteiger partial charge in [-0.15, -0.1) is 0 Å². The molecule has 0 saturated heterocycles. The van der Waals surface area contributed by atoms with Gasteiger partial charge in [-0.05, 0) is 48.3 Å². The van der Waals surface area contributed by atoms with Crippen LogP contribution in [0.2, 0.25) is 0 Å². The van der Waals surface area contributed by atoms with Crippen molar-refractivity contribution >= 4 is 23.6 Å². The smallest absolute Gasteiger partial charge is 0.416 e. The summed E-state index contributed by atoms with van der Waals surface area (Å²) in [4.78, 5) is 24.7. The Balaban J connectivity index is 1.97. The van der Waals surface area contributed by atoms with Crippen molar-refractivity contribution in [2.24, 2.45) is 0 Å². The number of rotatable bonds is 8. The Labute approximate surface area is 165 Å². The Morgan fingerprint density at radius 1 is 1.07 bits per heavy atom. The first-order valence-electron chi connectivity index (χ1n) is 8.49. The molecule has 1 atom stereocenters. The lowest BCUT2D eigenvalue weighted by molar-refractivity contribution is -0.147. The Hall–Kier alpha value is -2.48. The van der Waals surface area contributed by atoms with Gasteiger partial charge in [0.1, 0.15) is 12.6 Å². The van der Waals surface area contributed by atoms with Crippen molar-refractivity contribution in [1.82, 2.24) is 5.32 Å². The minimum absolute atomic E-state index is 0.173. The van der Waals surface area contributed by atoms with E-state index < -0.39 is 29.7 Å². The molecule has 2 aromatic rings. The minimum atomic E-state index is -4.42. The van der Waals surface area contributed by atoms with E-state index >= 15 is 0 Å². The summed E-state index contributed by atoms with van der Waals surface area (Å²) < 4.78 is 43.0. The first-order chi connectivity index (χ1) is 13.3. The average molecular weight is 411 g/mol. The summed E-state index contributed by atoms with van der Waals surface area (Å²) in [5, 5.41) is 2.66. The van der Waals surface area contributed by atoms with E-state index in [4.69, 9.17) is 4.74 Å². The largest absolute Gasteiger partial charge is 0.459 e. The summed E-state index contributed by atoms with van der Waals surface area (Å²) in [6.45, 7) is -0.173. The minimum Gasteiger partial charge on any atom is -0.459 e. The Kier molecular flexibility index (Phi) is 7.92. The van der Waals surface area contributed by atoms with E-state index in [1.165, 1.54) is 23.9 Å². The maximum Gasteiger partial charge on any atom is 0.416 e. The van der Waals surface area contributed by atoms with Crippen molar-refractivity contribution in [1.29, 1.82) is 0 Å². The molecule has 0 aromatic heterocycles. The van der Waals surface area contributed by atoms with Gasteiger partial charge >= 0.3 is 12.1 Å². The zero-order valence-electron chi connectivity index (χ0n) is 15.2. The number of hydrogen-bond donors (Lipinski definition) is 1. The van der Waals surface area contributed by atoms with Crippen LogP contribution in [0.25, 0.3) is 0 Å². The Bertz CT molecular complexity index is 780. The van der Waals surface area contributed by atoms with E-state index in [1.807, 2.05) is 6.26 Å². The number of benzene rings is 2. The molecule has 2 aromatic carbocycles. The van der Waals surface area contributed by atoms with Crippen molar-refractivity contribution in [2.45, 2.75) is 25.2 Å². The molecule has 0 bridgehead atoms. The molecule has 0 spiro atoms. The number of carbonyl (C=O) groups is 2. The molecule has 0 radical (unpaired) electrons. The van der Waals surface area contributed by atoms with Crippen molar-refractivity contribution in [2.75, 3.05) is 12.0 Å². The number of amides is 1. The molecule has 1 N–H and O–H groups in total. The monoisotopic (exact) mass is 411 g/mol. The van der Waals surface area contributed by atoms with Crippen LogP contribution in [0, 0.1) is 0 Å². The standard InChI is InChI=1S/C20H20F3NO3S/c1-28-12-11-17(24-18(25)15-5-3-2-4-6-15)19(26)27-13-14-7-9-16(10-8-14)20(21,22)23/h2-10,17H,11-13H2,1H3,(H,24,25). The topological polar surface area (TPSA) is 55.4 Å². The third-order valence-electron chi connectivity index (χ3n) is 3.90. The van der Waals surface area contributed by atoms with Crippen LogP contribution >= 0.6 is 11.8 Å². The van der Waals surface area contributed by atoms with E-state index in [0.29, 0.717) is 23.3 Å². The molecule has 4 nitrogen and oxygen atoms in total. The molecule has 0 aliphatic carbocycles. The average Bonchev–Trinajstić information content (AvgIpc) is 2.69. The van der Waals surface area contributed by atoms with Gasteiger partial charge in [0.15, 0.2) is 0 Å². The van der Waals surface area contributed by atoms with Crippen LogP contribution in [-0.2, 0) is 22.3 Å². The van der Waals surface area contributed by atoms with Crippen molar-refractivity contribution in [3.05, 3.63) is 71.3 Å². The molecular formula is C20H20F3NO3S. The molecule has 28 heavy (non-hydrogen) atoms. The Morgan fingerprint density at radius 3 is 2.29 bits per heavy atom. The van der Waals surface area contributed by atoms with Gasteiger partial charge in [0.05, 0.1) is 5.56 Å². The predicted octanol–water partition coefficient (Wildman–Crippen LogP) is 4.30. The molecule has 0 saturated carbocycles. The highest BCUT2D eigenvalue weighted by atomic mass is 32.2. The fourth-order valence-electron chi connectivity index (χ4n) is 2.36. The van der Waals surface area contributed by atoms with Crippen LogP contribution in [0.3, 0.4) is 0 Å². The number of esters is 1. The molecule has 0 fully saturated rings. The van der Waals surface area contributed by atoms with Gasteiger partial charge in [-0.3, -0.25) is 4.79 Å². The van der Waals surface area contributed by atoms with Crippen molar-refractivity contribution in [3.63, 3.8) is 0 Å². The van der Waals surface area contributed by atoms with Crippen molar-refractivity contribution < 1.29 is 27.5 Å². The van der Waals surface area contributed by atoms with E-state index in [-0.39, 0.29) is 6.61 Å². The van der Waals surface area contributed by atoms with Gasteiger partial charge in [0.2, 0.25) is 0 Å². The molecule has 0 aliphatic rings. The SMILES string of the molecule is CSCCC(NC(=O)c1ccccc1)C(=O)OCc1ccc(C(F)(F)F)cc1. The maximum atomic E-state index is 12.6. The number of nitrogens with one attached hydrogen (secondary N) is 1. The van der Waals surface area contributed by atoms with Crippen LogP contribution in [-0.4, -0.2) is 29.9 Å². The number of ether oxygens (including phenoxy) is 1. The number of carbonyl (C=O) groups excluding carboxylic acids is 2. The molecular weight excluding hydrogens is 391 g/mol. The zero-order valence-corrected chi connectivity index (χ0v) is 16.0. The molecule has 1 unspecified atom stereocenters. The number of halogens is 3. The van der Waals surface area contributed by atoms with E-state index in [1.54, 1.807) is 30.3 Å². The van der Waals surface area contributed by atoms with Gasteiger partial charge < -0.3 is 10.1 Å².